The Morgan fingerprint density at radius 2 is 1.06 bits per heavy atom. The van der Waals surface area contributed by atoms with Crippen molar-refractivity contribution in [2.24, 2.45) is 11.8 Å². The van der Waals surface area contributed by atoms with Gasteiger partial charge >= 0.3 is 23.4 Å². The molecule has 0 spiro atoms. The molecular weight excluding hydrogens is 452 g/mol. The van der Waals surface area contributed by atoms with E-state index in [-0.39, 0.29) is 38.9 Å². The first-order valence-corrected chi connectivity index (χ1v) is 13.8. The topological polar surface area (TPSA) is 194 Å². The van der Waals surface area contributed by atoms with Crippen molar-refractivity contribution in [3.05, 3.63) is 11.1 Å². The molecule has 0 radical (unpaired) electrons. The minimum atomic E-state index is -1.95. The SMILES string of the molecule is C[Si](C)(CCOC(=O)C1CC(=O)C(=[N+]=[N-])C(=O)C1)CCOC(=O)C1CC(=O)C(=[N+]=[N-])C(=O)C1. The third kappa shape index (κ3) is 6.79. The Bertz CT molecular complexity index is 890. The second kappa shape index (κ2) is 11.0. The van der Waals surface area contributed by atoms with Gasteiger partial charge in [-0.2, -0.15) is 9.58 Å². The first-order chi connectivity index (χ1) is 15.5. The summed E-state index contributed by atoms with van der Waals surface area (Å²) in [5.74, 6) is -5.94. The zero-order chi connectivity index (χ0) is 24.8. The highest BCUT2D eigenvalue weighted by molar-refractivity contribution is 6.77. The maximum absolute atomic E-state index is 12.2. The van der Waals surface area contributed by atoms with E-state index in [0.717, 1.165) is 0 Å². The number of ketones is 4. The van der Waals surface area contributed by atoms with Gasteiger partial charge in [-0.05, 0) is 12.1 Å². The molecule has 0 heterocycles. The van der Waals surface area contributed by atoms with Crippen molar-refractivity contribution in [1.29, 1.82) is 0 Å². The van der Waals surface area contributed by atoms with Crippen LogP contribution in [0.5, 0.6) is 0 Å². The normalized spacial score (nSPS) is 21.4. The number of ether oxygens (including phenoxy) is 2. The molecule has 33 heavy (non-hydrogen) atoms. The van der Waals surface area contributed by atoms with Gasteiger partial charge in [-0.1, -0.05) is 13.1 Å². The summed E-state index contributed by atoms with van der Waals surface area (Å²) < 4.78 is 10.4. The molecule has 2 fully saturated rings. The molecule has 0 amide bonds. The van der Waals surface area contributed by atoms with Crippen molar-refractivity contribution in [2.45, 2.75) is 50.9 Å². The molecule has 2 saturated carbocycles. The van der Waals surface area contributed by atoms with Gasteiger partial charge < -0.3 is 20.5 Å². The zero-order valence-corrected chi connectivity index (χ0v) is 19.4. The number of nitrogens with zero attached hydrogens (tertiary/aromatic N) is 4. The van der Waals surface area contributed by atoms with Gasteiger partial charge in [0.1, 0.15) is 0 Å². The largest absolute Gasteiger partial charge is 0.466 e. The highest BCUT2D eigenvalue weighted by Crippen LogP contribution is 2.22. The molecule has 13 heteroatoms. The second-order valence-corrected chi connectivity index (χ2v) is 14.1. The summed E-state index contributed by atoms with van der Waals surface area (Å²) in [6.07, 6.45) is -1.01. The Kier molecular flexibility index (Phi) is 8.58. The van der Waals surface area contributed by atoms with Crippen LogP contribution in [0.4, 0.5) is 0 Å². The summed E-state index contributed by atoms with van der Waals surface area (Å²) in [5.41, 5.74) is 16.2. The van der Waals surface area contributed by atoms with Crippen molar-refractivity contribution >= 4 is 54.6 Å². The lowest BCUT2D eigenvalue weighted by atomic mass is 9.86. The van der Waals surface area contributed by atoms with Crippen LogP contribution in [0, 0.1) is 11.8 Å². The molecule has 2 rings (SSSR count). The minimum Gasteiger partial charge on any atom is -0.466 e. The smallest absolute Gasteiger partial charge is 0.400 e. The van der Waals surface area contributed by atoms with Crippen molar-refractivity contribution in [3.63, 3.8) is 0 Å². The van der Waals surface area contributed by atoms with Crippen LogP contribution in [0.25, 0.3) is 11.1 Å². The van der Waals surface area contributed by atoms with Crippen LogP contribution in [-0.4, -0.2) is 77.4 Å². The fourth-order valence-corrected chi connectivity index (χ4v) is 5.07. The number of rotatable bonds is 8. The maximum atomic E-state index is 12.2. The lowest BCUT2D eigenvalue weighted by Crippen LogP contribution is -2.39. The average molecular weight is 477 g/mol. The van der Waals surface area contributed by atoms with Crippen molar-refractivity contribution in [1.82, 2.24) is 0 Å². The monoisotopic (exact) mass is 476 g/mol. The third-order valence-corrected chi connectivity index (χ3v) is 8.81. The summed E-state index contributed by atoms with van der Waals surface area (Å²) in [6.45, 7) is 4.18. The first-order valence-electron chi connectivity index (χ1n) is 10.4. The summed E-state index contributed by atoms with van der Waals surface area (Å²) >= 11 is 0. The van der Waals surface area contributed by atoms with E-state index >= 15 is 0 Å². The lowest BCUT2D eigenvalue weighted by Gasteiger charge is -2.23. The van der Waals surface area contributed by atoms with Crippen LogP contribution < -0.4 is 0 Å². The van der Waals surface area contributed by atoms with Crippen molar-refractivity contribution in [3.8, 4) is 0 Å². The van der Waals surface area contributed by atoms with E-state index < -0.39 is 66.4 Å². The van der Waals surface area contributed by atoms with Crippen LogP contribution in [0.3, 0.4) is 0 Å². The molecule has 0 aromatic carbocycles. The van der Waals surface area contributed by atoms with Gasteiger partial charge in [0.25, 0.3) is 0 Å². The number of carbonyl (C=O) groups excluding carboxylic acids is 6. The number of Topliss-reactive ketones (excluding diaryl/α,β-unsaturated/α-hetero) is 4. The van der Waals surface area contributed by atoms with Crippen LogP contribution in [-0.2, 0) is 38.2 Å². The van der Waals surface area contributed by atoms with Crippen molar-refractivity contribution in [2.75, 3.05) is 13.2 Å². The Morgan fingerprint density at radius 3 is 1.33 bits per heavy atom. The molecule has 2 aliphatic rings. The predicted molar refractivity (Wildman–Crippen MR) is 112 cm³/mol. The van der Waals surface area contributed by atoms with Gasteiger partial charge in [-0.15, -0.1) is 0 Å². The summed E-state index contributed by atoms with van der Waals surface area (Å²) in [7, 11) is -1.95. The minimum absolute atomic E-state index is 0.0841. The molecular formula is C20H24N4O8Si. The summed E-state index contributed by atoms with van der Waals surface area (Å²) in [4.78, 5) is 76.6. The highest BCUT2D eigenvalue weighted by Gasteiger charge is 2.43. The summed E-state index contributed by atoms with van der Waals surface area (Å²) in [6, 6.07) is 1.09. The summed E-state index contributed by atoms with van der Waals surface area (Å²) in [5, 5.41) is 0. The average Bonchev–Trinajstić information content (AvgIpc) is 2.72. The van der Waals surface area contributed by atoms with Gasteiger partial charge in [0, 0.05) is 25.7 Å². The quantitative estimate of drug-likeness (QED) is 0.205. The lowest BCUT2D eigenvalue weighted by molar-refractivity contribution is -0.152. The fourth-order valence-electron chi connectivity index (χ4n) is 3.51. The highest BCUT2D eigenvalue weighted by atomic mass is 28.3. The van der Waals surface area contributed by atoms with Gasteiger partial charge in [0.2, 0.25) is 23.1 Å². The van der Waals surface area contributed by atoms with E-state index in [4.69, 9.17) is 20.5 Å². The van der Waals surface area contributed by atoms with E-state index in [1.165, 1.54) is 0 Å². The van der Waals surface area contributed by atoms with E-state index in [1.54, 1.807) is 0 Å². The van der Waals surface area contributed by atoms with E-state index in [9.17, 15) is 28.8 Å². The van der Waals surface area contributed by atoms with Crippen LogP contribution in [0.1, 0.15) is 25.7 Å². The number of hydrogen-bond donors (Lipinski definition) is 0. The molecule has 176 valence electrons. The van der Waals surface area contributed by atoms with Crippen LogP contribution >= 0.6 is 0 Å². The van der Waals surface area contributed by atoms with E-state index in [2.05, 4.69) is 9.58 Å². The Labute approximate surface area is 189 Å². The van der Waals surface area contributed by atoms with Crippen LogP contribution in [0.15, 0.2) is 0 Å². The Hall–Kier alpha value is -3.40. The predicted octanol–water partition coefficient (Wildman–Crippen LogP) is 0.219. The van der Waals surface area contributed by atoms with Gasteiger partial charge in [-0.25, -0.2) is 0 Å². The van der Waals surface area contributed by atoms with Gasteiger partial charge in [0.15, 0.2) is 0 Å². The first kappa shape index (κ1) is 25.9. The second-order valence-electron chi connectivity index (χ2n) is 8.80. The molecule has 2 aliphatic carbocycles. The molecule has 0 atom stereocenters. The Morgan fingerprint density at radius 1 is 0.758 bits per heavy atom. The van der Waals surface area contributed by atoms with E-state index in [1.807, 2.05) is 13.1 Å². The molecule has 0 bridgehead atoms. The van der Waals surface area contributed by atoms with Crippen molar-refractivity contribution < 1.29 is 47.8 Å². The molecule has 0 aliphatic heterocycles. The maximum Gasteiger partial charge on any atom is 0.400 e. The standard InChI is InChI=1S/C20H24N4O8Si/c1-33(2,5-3-31-19(29)11-7-13(25)17(23-21)14(26)8-11)6-4-32-20(30)12-9-15(27)18(24-22)16(28)10-12/h11-12H,3-10H2,1-2H3. The molecule has 0 aromatic heterocycles. The van der Waals surface area contributed by atoms with Gasteiger partial charge in [-0.3, -0.25) is 28.8 Å². The number of esters is 2. The fraction of sp³-hybridized carbons (Fsp3) is 0.600. The van der Waals surface area contributed by atoms with Crippen LogP contribution in [0.2, 0.25) is 25.2 Å². The van der Waals surface area contributed by atoms with Gasteiger partial charge in [0.05, 0.1) is 33.1 Å². The molecule has 0 saturated heterocycles. The Balaban J connectivity index is 1.74. The third-order valence-electron chi connectivity index (χ3n) is 5.70. The number of hydrogen-bond acceptors (Lipinski definition) is 8. The molecule has 0 unspecified atom stereocenters. The number of carbonyl (C=O) groups is 6. The molecule has 0 aromatic rings. The zero-order valence-electron chi connectivity index (χ0n) is 18.4. The molecule has 0 N–H and O–H groups in total. The van der Waals surface area contributed by atoms with E-state index in [0.29, 0.717) is 12.1 Å². The molecule has 12 nitrogen and oxygen atoms in total.